The summed E-state index contributed by atoms with van der Waals surface area (Å²) in [5.74, 6) is 0.791. The molecule has 3 rings (SSSR count). The summed E-state index contributed by atoms with van der Waals surface area (Å²) < 4.78 is 0. The molecule has 2 aromatic carbocycles. The molecule has 19 heavy (non-hydrogen) atoms. The van der Waals surface area contributed by atoms with Crippen LogP contribution in [0.25, 0.3) is 22.3 Å². The molecule has 0 fully saturated rings. The summed E-state index contributed by atoms with van der Waals surface area (Å²) in [6.45, 7) is 6.31. The molecule has 0 aliphatic rings. The van der Waals surface area contributed by atoms with Gasteiger partial charge in [0.25, 0.3) is 0 Å². The number of nitrogens with zero attached hydrogens (tertiary/aromatic N) is 2. The van der Waals surface area contributed by atoms with Crippen LogP contribution in [-0.2, 0) is 0 Å². The largest absolute Gasteiger partial charge is 0.236 e. The lowest BCUT2D eigenvalue weighted by atomic mass is 10.1. The normalized spacial score (nSPS) is 10.9. The van der Waals surface area contributed by atoms with Gasteiger partial charge in [0, 0.05) is 17.1 Å². The van der Waals surface area contributed by atoms with Crippen molar-refractivity contribution in [1.82, 2.24) is 9.97 Å². The smallest absolute Gasteiger partial charge is 0.159 e. The standard InChI is InChI=1S/C17H16N2/c1-11-4-7-16-15(8-11)10-18-17(19-16)14-6-5-12(2)13(3)9-14/h4-10H,1-3H3. The number of rotatable bonds is 1. The van der Waals surface area contributed by atoms with Crippen LogP contribution in [-0.4, -0.2) is 9.97 Å². The molecule has 2 nitrogen and oxygen atoms in total. The van der Waals surface area contributed by atoms with E-state index in [1.807, 2.05) is 6.20 Å². The second-order valence-electron chi connectivity index (χ2n) is 5.05. The Labute approximate surface area is 113 Å². The highest BCUT2D eigenvalue weighted by molar-refractivity contribution is 5.80. The van der Waals surface area contributed by atoms with Crippen molar-refractivity contribution in [3.05, 3.63) is 59.3 Å². The van der Waals surface area contributed by atoms with E-state index in [0.29, 0.717) is 0 Å². The molecule has 0 amide bonds. The zero-order valence-corrected chi connectivity index (χ0v) is 11.4. The molecule has 0 radical (unpaired) electrons. The fraction of sp³-hybridized carbons (Fsp3) is 0.176. The van der Waals surface area contributed by atoms with Crippen LogP contribution in [0.2, 0.25) is 0 Å². The quantitative estimate of drug-likeness (QED) is 0.644. The maximum absolute atomic E-state index is 4.65. The van der Waals surface area contributed by atoms with Crippen molar-refractivity contribution in [3.8, 4) is 11.4 Å². The molecule has 1 aromatic heterocycles. The molecule has 0 atom stereocenters. The van der Waals surface area contributed by atoms with Crippen LogP contribution in [0, 0.1) is 20.8 Å². The van der Waals surface area contributed by atoms with Crippen LogP contribution in [0.15, 0.2) is 42.6 Å². The van der Waals surface area contributed by atoms with Gasteiger partial charge in [-0.05, 0) is 50.1 Å². The van der Waals surface area contributed by atoms with Gasteiger partial charge in [-0.2, -0.15) is 0 Å². The lowest BCUT2D eigenvalue weighted by Crippen LogP contribution is -1.91. The Kier molecular flexibility index (Phi) is 2.79. The summed E-state index contributed by atoms with van der Waals surface area (Å²) in [7, 11) is 0. The number of hydrogen-bond acceptors (Lipinski definition) is 2. The summed E-state index contributed by atoms with van der Waals surface area (Å²) >= 11 is 0. The number of fused-ring (bicyclic) bond motifs is 1. The van der Waals surface area contributed by atoms with Crippen molar-refractivity contribution in [2.75, 3.05) is 0 Å². The van der Waals surface area contributed by atoms with Gasteiger partial charge < -0.3 is 0 Å². The summed E-state index contributed by atoms with van der Waals surface area (Å²) in [6, 6.07) is 12.6. The van der Waals surface area contributed by atoms with E-state index >= 15 is 0 Å². The lowest BCUT2D eigenvalue weighted by molar-refractivity contribution is 1.21. The molecule has 0 N–H and O–H groups in total. The minimum absolute atomic E-state index is 0.791. The Morgan fingerprint density at radius 3 is 2.47 bits per heavy atom. The van der Waals surface area contributed by atoms with Crippen LogP contribution < -0.4 is 0 Å². The van der Waals surface area contributed by atoms with Crippen LogP contribution in [0.1, 0.15) is 16.7 Å². The highest BCUT2D eigenvalue weighted by atomic mass is 14.9. The molecule has 0 aliphatic carbocycles. The predicted molar refractivity (Wildman–Crippen MR) is 79.2 cm³/mol. The zero-order valence-electron chi connectivity index (χ0n) is 11.4. The fourth-order valence-corrected chi connectivity index (χ4v) is 2.17. The van der Waals surface area contributed by atoms with Gasteiger partial charge in [-0.15, -0.1) is 0 Å². The third-order valence-corrected chi connectivity index (χ3v) is 3.50. The van der Waals surface area contributed by atoms with Gasteiger partial charge in [-0.25, -0.2) is 9.97 Å². The Morgan fingerprint density at radius 1 is 0.842 bits per heavy atom. The van der Waals surface area contributed by atoms with Gasteiger partial charge in [-0.1, -0.05) is 23.8 Å². The molecule has 94 valence electrons. The summed E-state index contributed by atoms with van der Waals surface area (Å²) in [6.07, 6.45) is 1.90. The van der Waals surface area contributed by atoms with Crippen LogP contribution in [0.5, 0.6) is 0 Å². The van der Waals surface area contributed by atoms with E-state index in [-0.39, 0.29) is 0 Å². The summed E-state index contributed by atoms with van der Waals surface area (Å²) in [5, 5.41) is 1.09. The zero-order chi connectivity index (χ0) is 13.4. The van der Waals surface area contributed by atoms with E-state index in [0.717, 1.165) is 22.3 Å². The van der Waals surface area contributed by atoms with Gasteiger partial charge in [0.2, 0.25) is 0 Å². The van der Waals surface area contributed by atoms with Crippen LogP contribution in [0.4, 0.5) is 0 Å². The number of benzene rings is 2. The molecule has 1 heterocycles. The van der Waals surface area contributed by atoms with Crippen molar-refractivity contribution in [2.24, 2.45) is 0 Å². The van der Waals surface area contributed by atoms with E-state index in [4.69, 9.17) is 0 Å². The number of aryl methyl sites for hydroxylation is 3. The molecule has 0 saturated carbocycles. The van der Waals surface area contributed by atoms with Gasteiger partial charge in [-0.3, -0.25) is 0 Å². The molecule has 2 heteroatoms. The van der Waals surface area contributed by atoms with E-state index in [2.05, 4.69) is 67.1 Å². The molecule has 0 saturated heterocycles. The molecular weight excluding hydrogens is 232 g/mol. The first-order chi connectivity index (χ1) is 9.13. The van der Waals surface area contributed by atoms with E-state index in [9.17, 15) is 0 Å². The average molecular weight is 248 g/mol. The molecule has 0 spiro atoms. The molecular formula is C17H16N2. The highest BCUT2D eigenvalue weighted by Gasteiger charge is 2.04. The third kappa shape index (κ3) is 2.22. The first-order valence-corrected chi connectivity index (χ1v) is 6.44. The SMILES string of the molecule is Cc1ccc2nc(-c3ccc(C)c(C)c3)ncc2c1. The van der Waals surface area contributed by atoms with Crippen molar-refractivity contribution in [3.63, 3.8) is 0 Å². The van der Waals surface area contributed by atoms with Crippen molar-refractivity contribution in [1.29, 1.82) is 0 Å². The van der Waals surface area contributed by atoms with Crippen LogP contribution >= 0.6 is 0 Å². The second kappa shape index (κ2) is 4.47. The predicted octanol–water partition coefficient (Wildman–Crippen LogP) is 4.22. The summed E-state index contributed by atoms with van der Waals surface area (Å²) in [4.78, 5) is 9.12. The van der Waals surface area contributed by atoms with E-state index < -0.39 is 0 Å². The first kappa shape index (κ1) is 11.8. The topological polar surface area (TPSA) is 25.8 Å². The van der Waals surface area contributed by atoms with Crippen LogP contribution in [0.3, 0.4) is 0 Å². The molecule has 3 aromatic rings. The highest BCUT2D eigenvalue weighted by Crippen LogP contribution is 2.21. The van der Waals surface area contributed by atoms with Gasteiger partial charge in [0.15, 0.2) is 5.82 Å². The van der Waals surface area contributed by atoms with Crippen molar-refractivity contribution in [2.45, 2.75) is 20.8 Å². The first-order valence-electron chi connectivity index (χ1n) is 6.44. The average Bonchev–Trinajstić information content (AvgIpc) is 2.41. The Balaban J connectivity index is 2.14. The minimum Gasteiger partial charge on any atom is -0.236 e. The maximum Gasteiger partial charge on any atom is 0.159 e. The fourth-order valence-electron chi connectivity index (χ4n) is 2.17. The van der Waals surface area contributed by atoms with Gasteiger partial charge >= 0.3 is 0 Å². The van der Waals surface area contributed by atoms with Crippen molar-refractivity contribution >= 4 is 10.9 Å². The maximum atomic E-state index is 4.65. The van der Waals surface area contributed by atoms with Gasteiger partial charge in [0.1, 0.15) is 0 Å². The van der Waals surface area contributed by atoms with Crippen molar-refractivity contribution < 1.29 is 0 Å². The minimum atomic E-state index is 0.791. The summed E-state index contributed by atoms with van der Waals surface area (Å²) in [5.41, 5.74) is 5.86. The number of aromatic nitrogens is 2. The van der Waals surface area contributed by atoms with Gasteiger partial charge in [0.05, 0.1) is 5.52 Å². The third-order valence-electron chi connectivity index (χ3n) is 3.50. The molecule has 0 unspecified atom stereocenters. The Bertz CT molecular complexity index is 760. The number of hydrogen-bond donors (Lipinski definition) is 0. The Hall–Kier alpha value is -2.22. The lowest BCUT2D eigenvalue weighted by Gasteiger charge is -2.05. The molecule has 0 aliphatic heterocycles. The second-order valence-corrected chi connectivity index (χ2v) is 5.05. The Morgan fingerprint density at radius 2 is 1.68 bits per heavy atom. The van der Waals surface area contributed by atoms with E-state index in [1.165, 1.54) is 16.7 Å². The molecule has 0 bridgehead atoms. The van der Waals surface area contributed by atoms with E-state index in [1.54, 1.807) is 0 Å². The monoisotopic (exact) mass is 248 g/mol.